The van der Waals surface area contributed by atoms with Crippen LogP contribution in [0.5, 0.6) is 0 Å². The predicted octanol–water partition coefficient (Wildman–Crippen LogP) is 8.79. The number of hydrogen-bond donors (Lipinski definition) is 0. The average molecular weight is 581 g/mol. The van der Waals surface area contributed by atoms with Crippen molar-refractivity contribution in [1.29, 1.82) is 0 Å². The monoisotopic (exact) mass is 580 g/mol. The van der Waals surface area contributed by atoms with Crippen molar-refractivity contribution in [1.82, 2.24) is 29.9 Å². The lowest BCUT2D eigenvalue weighted by atomic mass is 10.0. The van der Waals surface area contributed by atoms with Crippen LogP contribution in [0.15, 0.2) is 110 Å². The number of aromatic nitrogens is 6. The van der Waals surface area contributed by atoms with Gasteiger partial charge in [0.25, 0.3) is 0 Å². The first-order valence-corrected chi connectivity index (χ1v) is 15.3. The van der Waals surface area contributed by atoms with Crippen molar-refractivity contribution in [3.8, 4) is 34.0 Å². The third-order valence-corrected chi connectivity index (χ3v) is 9.81. The van der Waals surface area contributed by atoms with Gasteiger partial charge in [0.15, 0.2) is 11.6 Å². The van der Waals surface area contributed by atoms with Crippen LogP contribution >= 0.6 is 11.3 Å². The minimum atomic E-state index is 0.659. The Morgan fingerprint density at radius 1 is 0.500 bits per heavy atom. The van der Waals surface area contributed by atoms with Crippen LogP contribution < -0.4 is 0 Å². The zero-order valence-corrected chi connectivity index (χ0v) is 24.0. The SMILES string of the molecule is c1cnc2c(c1)Cc1ccc(-c3ncc4c5ccccc5c5cnc(-c6ccc7sc8cccnc8c7c6)nc5c4n3)cc1-2. The van der Waals surface area contributed by atoms with Crippen LogP contribution in [0.25, 0.3) is 86.9 Å². The Morgan fingerprint density at radius 3 is 2.00 bits per heavy atom. The van der Waals surface area contributed by atoms with E-state index in [1.54, 1.807) is 11.3 Å². The molecule has 0 radical (unpaired) electrons. The molecule has 5 aromatic heterocycles. The molecule has 44 heavy (non-hydrogen) atoms. The summed E-state index contributed by atoms with van der Waals surface area (Å²) in [6.07, 6.45) is 8.48. The molecule has 0 bridgehead atoms. The summed E-state index contributed by atoms with van der Waals surface area (Å²) in [6, 6.07) is 29.5. The van der Waals surface area contributed by atoms with Gasteiger partial charge in [-0.15, -0.1) is 11.3 Å². The largest absolute Gasteiger partial charge is 0.256 e. The molecule has 204 valence electrons. The van der Waals surface area contributed by atoms with Crippen molar-refractivity contribution in [2.75, 3.05) is 0 Å². The lowest BCUT2D eigenvalue weighted by Gasteiger charge is -2.11. The third kappa shape index (κ3) is 3.41. The van der Waals surface area contributed by atoms with E-state index in [-0.39, 0.29) is 0 Å². The molecule has 0 amide bonds. The molecule has 1 aliphatic rings. The van der Waals surface area contributed by atoms with Gasteiger partial charge in [-0.1, -0.05) is 42.5 Å². The van der Waals surface area contributed by atoms with E-state index in [0.29, 0.717) is 11.6 Å². The summed E-state index contributed by atoms with van der Waals surface area (Å²) < 4.78 is 2.37. The second-order valence-electron chi connectivity index (χ2n) is 11.2. The molecule has 0 unspecified atom stereocenters. The minimum absolute atomic E-state index is 0.659. The van der Waals surface area contributed by atoms with E-state index < -0.39 is 0 Å². The summed E-state index contributed by atoms with van der Waals surface area (Å²) in [5, 5.41) is 5.23. The van der Waals surface area contributed by atoms with Crippen molar-refractivity contribution < 1.29 is 0 Å². The second kappa shape index (κ2) is 8.92. The Morgan fingerprint density at radius 2 is 1.20 bits per heavy atom. The number of nitrogens with zero attached hydrogens (tertiary/aromatic N) is 6. The van der Waals surface area contributed by atoms with E-state index in [0.717, 1.165) is 72.3 Å². The molecule has 9 aromatic rings. The van der Waals surface area contributed by atoms with E-state index >= 15 is 0 Å². The normalized spacial score (nSPS) is 12.5. The Balaban J connectivity index is 1.20. The topological polar surface area (TPSA) is 77.3 Å². The summed E-state index contributed by atoms with van der Waals surface area (Å²) in [4.78, 5) is 29.4. The fourth-order valence-electron chi connectivity index (χ4n) is 6.61. The number of benzene rings is 4. The van der Waals surface area contributed by atoms with E-state index in [2.05, 4.69) is 82.8 Å². The summed E-state index contributed by atoms with van der Waals surface area (Å²) in [7, 11) is 0. The molecule has 0 fully saturated rings. The van der Waals surface area contributed by atoms with Crippen LogP contribution in [0.4, 0.5) is 0 Å². The van der Waals surface area contributed by atoms with Crippen LogP contribution in [0.1, 0.15) is 11.1 Å². The molecular weight excluding hydrogens is 561 g/mol. The maximum absolute atomic E-state index is 5.19. The van der Waals surface area contributed by atoms with Crippen molar-refractivity contribution in [3.05, 3.63) is 121 Å². The Labute approximate surface area is 254 Å². The van der Waals surface area contributed by atoms with Crippen LogP contribution in [-0.2, 0) is 6.42 Å². The van der Waals surface area contributed by atoms with Gasteiger partial charge < -0.3 is 0 Å². The van der Waals surface area contributed by atoms with Gasteiger partial charge in [0.05, 0.1) is 15.9 Å². The van der Waals surface area contributed by atoms with E-state index in [4.69, 9.17) is 19.9 Å². The Bertz CT molecular complexity index is 2660. The average Bonchev–Trinajstić information content (AvgIpc) is 3.65. The van der Waals surface area contributed by atoms with Crippen molar-refractivity contribution >= 4 is 64.2 Å². The first kappa shape index (κ1) is 23.9. The highest BCUT2D eigenvalue weighted by atomic mass is 32.1. The Hall–Kier alpha value is -5.66. The zero-order valence-electron chi connectivity index (χ0n) is 23.2. The first-order chi connectivity index (χ1) is 21.8. The van der Waals surface area contributed by atoms with Crippen LogP contribution in [0.3, 0.4) is 0 Å². The molecule has 0 N–H and O–H groups in total. The smallest absolute Gasteiger partial charge is 0.159 e. The van der Waals surface area contributed by atoms with Crippen molar-refractivity contribution in [3.63, 3.8) is 0 Å². The molecule has 7 heteroatoms. The maximum Gasteiger partial charge on any atom is 0.159 e. The van der Waals surface area contributed by atoms with Gasteiger partial charge in [-0.25, -0.2) is 19.9 Å². The number of rotatable bonds is 2. The van der Waals surface area contributed by atoms with Gasteiger partial charge in [0.1, 0.15) is 11.0 Å². The number of thiophene rings is 1. The fourth-order valence-corrected chi connectivity index (χ4v) is 7.65. The minimum Gasteiger partial charge on any atom is -0.256 e. The molecule has 6 nitrogen and oxygen atoms in total. The van der Waals surface area contributed by atoms with Gasteiger partial charge in [-0.05, 0) is 64.4 Å². The summed E-state index contributed by atoms with van der Waals surface area (Å²) >= 11 is 1.75. The maximum atomic E-state index is 5.19. The van der Waals surface area contributed by atoms with Gasteiger partial charge in [0, 0.05) is 68.8 Å². The fraction of sp³-hybridized carbons (Fsp3) is 0.0270. The molecule has 4 aromatic carbocycles. The third-order valence-electron chi connectivity index (χ3n) is 8.69. The lowest BCUT2D eigenvalue weighted by molar-refractivity contribution is 1.21. The second-order valence-corrected chi connectivity index (χ2v) is 12.3. The lowest BCUT2D eigenvalue weighted by Crippen LogP contribution is -1.97. The molecular formula is C37H20N6S. The van der Waals surface area contributed by atoms with E-state index in [1.165, 1.54) is 20.5 Å². The standard InChI is InChI=1S/C37H20N6S/c1-2-7-25-24(6-1)28-18-40-36(22-10-9-20-15-21-5-3-13-38-32(21)26(20)16-22)42-34(28)35-29(25)19-41-37(43-35)23-11-12-30-27(17-23)33-31(44-30)8-4-14-39-33/h1-14,16-19H,15H2. The molecule has 10 rings (SSSR count). The van der Waals surface area contributed by atoms with Crippen molar-refractivity contribution in [2.45, 2.75) is 6.42 Å². The first-order valence-electron chi connectivity index (χ1n) is 14.5. The van der Waals surface area contributed by atoms with Crippen LogP contribution in [-0.4, -0.2) is 29.9 Å². The Kier molecular flexibility index (Phi) is 4.84. The molecule has 0 spiro atoms. The van der Waals surface area contributed by atoms with E-state index in [9.17, 15) is 0 Å². The van der Waals surface area contributed by atoms with Crippen LogP contribution in [0, 0.1) is 0 Å². The highest BCUT2D eigenvalue weighted by Crippen LogP contribution is 2.39. The summed E-state index contributed by atoms with van der Waals surface area (Å²) in [5.41, 5.74) is 9.28. The molecule has 0 saturated heterocycles. The van der Waals surface area contributed by atoms with Gasteiger partial charge >= 0.3 is 0 Å². The molecule has 1 aliphatic carbocycles. The van der Waals surface area contributed by atoms with Gasteiger partial charge in [-0.2, -0.15) is 0 Å². The zero-order chi connectivity index (χ0) is 28.8. The number of fused-ring (bicyclic) bond motifs is 12. The highest BCUT2D eigenvalue weighted by molar-refractivity contribution is 7.25. The summed E-state index contributed by atoms with van der Waals surface area (Å²) in [5.74, 6) is 1.32. The molecule has 0 aliphatic heterocycles. The summed E-state index contributed by atoms with van der Waals surface area (Å²) in [6.45, 7) is 0. The van der Waals surface area contributed by atoms with Crippen molar-refractivity contribution in [2.24, 2.45) is 0 Å². The molecule has 0 saturated carbocycles. The quantitative estimate of drug-likeness (QED) is 0.190. The highest BCUT2D eigenvalue weighted by Gasteiger charge is 2.21. The van der Waals surface area contributed by atoms with E-state index in [1.807, 2.05) is 36.9 Å². The van der Waals surface area contributed by atoms with Crippen LogP contribution in [0.2, 0.25) is 0 Å². The number of pyridine rings is 2. The van der Waals surface area contributed by atoms with Gasteiger partial charge in [-0.3, -0.25) is 9.97 Å². The van der Waals surface area contributed by atoms with Gasteiger partial charge in [0.2, 0.25) is 0 Å². The molecule has 0 atom stereocenters. The number of hydrogen-bond acceptors (Lipinski definition) is 7. The molecule has 5 heterocycles. The predicted molar refractivity (Wildman–Crippen MR) is 178 cm³/mol.